The summed E-state index contributed by atoms with van der Waals surface area (Å²) in [5.41, 5.74) is -1.09. The summed E-state index contributed by atoms with van der Waals surface area (Å²) in [5.74, 6) is -0.0963. The van der Waals surface area contributed by atoms with Crippen molar-refractivity contribution in [1.29, 1.82) is 5.26 Å². The number of aromatic nitrogens is 1. The highest BCUT2D eigenvalue weighted by Crippen LogP contribution is 2.19. The number of aromatic amines is 1. The molecule has 0 saturated carbocycles. The molecule has 0 spiro atoms. The molecule has 0 unspecified atom stereocenters. The second kappa shape index (κ2) is 4.55. The Labute approximate surface area is 84.1 Å². The summed E-state index contributed by atoms with van der Waals surface area (Å²) < 4.78 is 29.3. The summed E-state index contributed by atoms with van der Waals surface area (Å²) in [6.07, 6.45) is -2.96. The number of pyridine rings is 1. The standard InChI is InChI=1S/C9H8F2N2O2/c1-15-8-5(2-3-12)13-6(9(10)11)4-7(8)14/h4,9H,2H2,1H3,(H,13,14). The van der Waals surface area contributed by atoms with Crippen LogP contribution in [0.25, 0.3) is 0 Å². The van der Waals surface area contributed by atoms with E-state index in [1.54, 1.807) is 6.07 Å². The number of nitriles is 1. The first-order chi connectivity index (χ1) is 7.10. The van der Waals surface area contributed by atoms with E-state index in [-0.39, 0.29) is 17.9 Å². The average Bonchev–Trinajstić information content (AvgIpc) is 2.17. The Morgan fingerprint density at radius 3 is 2.80 bits per heavy atom. The highest BCUT2D eigenvalue weighted by atomic mass is 19.3. The molecule has 0 fully saturated rings. The van der Waals surface area contributed by atoms with Gasteiger partial charge < -0.3 is 9.72 Å². The van der Waals surface area contributed by atoms with Gasteiger partial charge in [0.15, 0.2) is 5.75 Å². The number of H-pyrrole nitrogens is 1. The third kappa shape index (κ3) is 2.31. The molecule has 0 radical (unpaired) electrons. The van der Waals surface area contributed by atoms with Crippen molar-refractivity contribution in [2.24, 2.45) is 0 Å². The van der Waals surface area contributed by atoms with Gasteiger partial charge in [0, 0.05) is 6.07 Å². The van der Waals surface area contributed by atoms with Gasteiger partial charge in [-0.05, 0) is 0 Å². The number of halogens is 2. The molecular formula is C9H8F2N2O2. The van der Waals surface area contributed by atoms with E-state index in [4.69, 9.17) is 10.00 Å². The Bertz CT molecular complexity index is 448. The van der Waals surface area contributed by atoms with Crippen molar-refractivity contribution in [1.82, 2.24) is 4.98 Å². The van der Waals surface area contributed by atoms with Crippen LogP contribution >= 0.6 is 0 Å². The molecule has 0 aliphatic carbocycles. The van der Waals surface area contributed by atoms with Gasteiger partial charge in [0.2, 0.25) is 5.43 Å². The number of hydrogen-bond donors (Lipinski definition) is 1. The average molecular weight is 214 g/mol. The molecule has 1 N–H and O–H groups in total. The van der Waals surface area contributed by atoms with Crippen LogP contribution in [0.5, 0.6) is 5.75 Å². The molecule has 1 rings (SSSR count). The van der Waals surface area contributed by atoms with Gasteiger partial charge in [0.05, 0.1) is 31.0 Å². The maximum absolute atomic E-state index is 12.3. The molecule has 0 aromatic carbocycles. The summed E-state index contributed by atoms with van der Waals surface area (Å²) in [5, 5.41) is 8.44. The highest BCUT2D eigenvalue weighted by Gasteiger charge is 2.14. The van der Waals surface area contributed by atoms with Crippen LogP contribution in [-0.4, -0.2) is 12.1 Å². The van der Waals surface area contributed by atoms with E-state index < -0.39 is 17.5 Å². The van der Waals surface area contributed by atoms with Gasteiger partial charge in [-0.3, -0.25) is 4.79 Å². The topological polar surface area (TPSA) is 65.9 Å². The summed E-state index contributed by atoms with van der Waals surface area (Å²) in [6, 6.07) is 2.53. The summed E-state index contributed by atoms with van der Waals surface area (Å²) >= 11 is 0. The molecule has 15 heavy (non-hydrogen) atoms. The number of hydrogen-bond acceptors (Lipinski definition) is 3. The number of alkyl halides is 2. The predicted molar refractivity (Wildman–Crippen MR) is 47.9 cm³/mol. The van der Waals surface area contributed by atoms with Gasteiger partial charge in [-0.2, -0.15) is 5.26 Å². The van der Waals surface area contributed by atoms with Gasteiger partial charge in [0.25, 0.3) is 6.43 Å². The van der Waals surface area contributed by atoms with E-state index in [1.165, 1.54) is 7.11 Å². The van der Waals surface area contributed by atoms with Crippen LogP contribution in [0.4, 0.5) is 8.78 Å². The van der Waals surface area contributed by atoms with Crippen LogP contribution in [0.2, 0.25) is 0 Å². The lowest BCUT2D eigenvalue weighted by Crippen LogP contribution is -2.12. The summed E-state index contributed by atoms with van der Waals surface area (Å²) in [4.78, 5) is 13.6. The molecule has 1 aromatic heterocycles. The lowest BCUT2D eigenvalue weighted by Gasteiger charge is -2.07. The molecule has 4 nitrogen and oxygen atoms in total. The normalized spacial score (nSPS) is 10.1. The van der Waals surface area contributed by atoms with Gasteiger partial charge in [-0.25, -0.2) is 8.78 Å². The van der Waals surface area contributed by atoms with Crippen LogP contribution < -0.4 is 10.2 Å². The minimum absolute atomic E-state index is 0.0720. The molecule has 6 heteroatoms. The van der Waals surface area contributed by atoms with E-state index in [2.05, 4.69) is 4.98 Å². The largest absolute Gasteiger partial charge is 0.491 e. The smallest absolute Gasteiger partial charge is 0.278 e. The number of rotatable bonds is 3. The summed E-state index contributed by atoms with van der Waals surface area (Å²) in [6.45, 7) is 0. The molecule has 0 saturated heterocycles. The Kier molecular flexibility index (Phi) is 3.39. The molecule has 0 aliphatic heterocycles. The van der Waals surface area contributed by atoms with Gasteiger partial charge in [-0.15, -0.1) is 0 Å². The van der Waals surface area contributed by atoms with E-state index >= 15 is 0 Å². The Balaban J connectivity index is 3.33. The van der Waals surface area contributed by atoms with Crippen molar-refractivity contribution >= 4 is 0 Å². The van der Waals surface area contributed by atoms with E-state index in [1.807, 2.05) is 0 Å². The Hall–Kier alpha value is -1.90. The zero-order valence-electron chi connectivity index (χ0n) is 7.88. The van der Waals surface area contributed by atoms with Gasteiger partial charge >= 0.3 is 0 Å². The van der Waals surface area contributed by atoms with Crippen molar-refractivity contribution in [3.05, 3.63) is 27.7 Å². The summed E-state index contributed by atoms with van der Waals surface area (Å²) in [7, 11) is 1.24. The second-order valence-corrected chi connectivity index (χ2v) is 2.74. The van der Waals surface area contributed by atoms with Crippen molar-refractivity contribution in [2.45, 2.75) is 12.8 Å². The van der Waals surface area contributed by atoms with Crippen LogP contribution in [-0.2, 0) is 6.42 Å². The highest BCUT2D eigenvalue weighted by molar-refractivity contribution is 5.31. The first-order valence-electron chi connectivity index (χ1n) is 4.05. The minimum atomic E-state index is -2.78. The van der Waals surface area contributed by atoms with Crippen molar-refractivity contribution in [3.63, 3.8) is 0 Å². The fraction of sp³-hybridized carbons (Fsp3) is 0.333. The van der Waals surface area contributed by atoms with E-state index in [0.717, 1.165) is 6.07 Å². The maximum Gasteiger partial charge on any atom is 0.278 e. The molecule has 0 bridgehead atoms. The van der Waals surface area contributed by atoms with Crippen molar-refractivity contribution in [2.75, 3.05) is 7.11 Å². The quantitative estimate of drug-likeness (QED) is 0.826. The second-order valence-electron chi connectivity index (χ2n) is 2.74. The number of methoxy groups -OCH3 is 1. The molecule has 0 aliphatic rings. The minimum Gasteiger partial charge on any atom is -0.491 e. The lowest BCUT2D eigenvalue weighted by atomic mass is 10.2. The number of nitrogens with one attached hydrogen (secondary N) is 1. The first-order valence-corrected chi connectivity index (χ1v) is 4.05. The van der Waals surface area contributed by atoms with Crippen molar-refractivity contribution < 1.29 is 13.5 Å². The van der Waals surface area contributed by atoms with Gasteiger partial charge in [-0.1, -0.05) is 0 Å². The zero-order chi connectivity index (χ0) is 11.4. The first kappa shape index (κ1) is 11.2. The fourth-order valence-electron chi connectivity index (χ4n) is 1.17. The zero-order valence-corrected chi connectivity index (χ0v) is 7.88. The molecule has 80 valence electrons. The van der Waals surface area contributed by atoms with Crippen molar-refractivity contribution in [3.8, 4) is 11.8 Å². The van der Waals surface area contributed by atoms with Crippen LogP contribution in [0, 0.1) is 11.3 Å². The van der Waals surface area contributed by atoms with Crippen LogP contribution in [0.3, 0.4) is 0 Å². The molecule has 0 amide bonds. The van der Waals surface area contributed by atoms with Gasteiger partial charge in [0.1, 0.15) is 0 Å². The Morgan fingerprint density at radius 2 is 2.33 bits per heavy atom. The SMILES string of the molecule is COc1c(CC#N)[nH]c(C(F)F)cc1=O. The number of nitrogens with zero attached hydrogens (tertiary/aromatic N) is 1. The number of ether oxygens (including phenoxy) is 1. The molecule has 0 atom stereocenters. The third-order valence-electron chi connectivity index (χ3n) is 1.77. The van der Waals surface area contributed by atoms with E-state index in [0.29, 0.717) is 0 Å². The Morgan fingerprint density at radius 1 is 1.67 bits per heavy atom. The van der Waals surface area contributed by atoms with Crippen LogP contribution in [0.15, 0.2) is 10.9 Å². The van der Waals surface area contributed by atoms with Crippen LogP contribution in [0.1, 0.15) is 17.8 Å². The fourth-order valence-corrected chi connectivity index (χ4v) is 1.17. The third-order valence-corrected chi connectivity index (χ3v) is 1.77. The predicted octanol–water partition coefficient (Wildman–Crippen LogP) is 1.39. The maximum atomic E-state index is 12.3. The monoisotopic (exact) mass is 214 g/mol. The molecule has 1 heterocycles. The van der Waals surface area contributed by atoms with E-state index in [9.17, 15) is 13.6 Å². The lowest BCUT2D eigenvalue weighted by molar-refractivity contribution is 0.145. The molecule has 1 aromatic rings. The molecular weight excluding hydrogens is 206 g/mol.